The molecule has 0 atom stereocenters. The zero-order valence-corrected chi connectivity index (χ0v) is 13.6. The summed E-state index contributed by atoms with van der Waals surface area (Å²) >= 11 is 0. The molecule has 1 aromatic carbocycles. The zero-order valence-electron chi connectivity index (χ0n) is 13.6. The SMILES string of the molecule is COC1CCN(Cc2ccccc2OCc2ccccn2)CC1. The van der Waals surface area contributed by atoms with Crippen LogP contribution in [0.1, 0.15) is 24.1 Å². The first-order chi connectivity index (χ1) is 11.3. The van der Waals surface area contributed by atoms with Gasteiger partial charge in [-0.05, 0) is 31.0 Å². The highest BCUT2D eigenvalue weighted by Gasteiger charge is 2.19. The van der Waals surface area contributed by atoms with E-state index in [1.807, 2.05) is 30.3 Å². The number of rotatable bonds is 6. The highest BCUT2D eigenvalue weighted by Crippen LogP contribution is 2.23. The second-order valence-corrected chi connectivity index (χ2v) is 5.93. The van der Waals surface area contributed by atoms with E-state index in [1.165, 1.54) is 5.56 Å². The van der Waals surface area contributed by atoms with Crippen molar-refractivity contribution in [3.8, 4) is 5.75 Å². The predicted molar refractivity (Wildman–Crippen MR) is 90.3 cm³/mol. The van der Waals surface area contributed by atoms with Crippen molar-refractivity contribution in [3.05, 3.63) is 59.9 Å². The molecule has 0 N–H and O–H groups in total. The van der Waals surface area contributed by atoms with Gasteiger partial charge in [0.15, 0.2) is 0 Å². The van der Waals surface area contributed by atoms with Crippen molar-refractivity contribution >= 4 is 0 Å². The van der Waals surface area contributed by atoms with E-state index >= 15 is 0 Å². The van der Waals surface area contributed by atoms with Gasteiger partial charge in [-0.1, -0.05) is 24.3 Å². The Morgan fingerprint density at radius 1 is 1.09 bits per heavy atom. The van der Waals surface area contributed by atoms with Crippen LogP contribution in [0.5, 0.6) is 5.75 Å². The van der Waals surface area contributed by atoms with E-state index in [9.17, 15) is 0 Å². The van der Waals surface area contributed by atoms with E-state index in [1.54, 1.807) is 13.3 Å². The number of para-hydroxylation sites is 1. The molecule has 0 spiro atoms. The zero-order chi connectivity index (χ0) is 15.9. The van der Waals surface area contributed by atoms with Gasteiger partial charge in [0.2, 0.25) is 0 Å². The van der Waals surface area contributed by atoms with Crippen LogP contribution in [0.25, 0.3) is 0 Å². The molecule has 122 valence electrons. The summed E-state index contributed by atoms with van der Waals surface area (Å²) in [6.07, 6.45) is 4.42. The number of nitrogens with zero attached hydrogens (tertiary/aromatic N) is 2. The number of aromatic nitrogens is 1. The number of benzene rings is 1. The molecule has 1 aliphatic rings. The highest BCUT2D eigenvalue weighted by molar-refractivity contribution is 5.33. The van der Waals surface area contributed by atoms with Gasteiger partial charge in [0.25, 0.3) is 0 Å². The Balaban J connectivity index is 1.59. The van der Waals surface area contributed by atoms with Crippen LogP contribution in [0.15, 0.2) is 48.7 Å². The first kappa shape index (κ1) is 16.0. The molecule has 4 heteroatoms. The van der Waals surface area contributed by atoms with E-state index in [-0.39, 0.29) is 0 Å². The summed E-state index contributed by atoms with van der Waals surface area (Å²) in [5.41, 5.74) is 2.18. The van der Waals surface area contributed by atoms with E-state index in [0.29, 0.717) is 12.7 Å². The highest BCUT2D eigenvalue weighted by atomic mass is 16.5. The van der Waals surface area contributed by atoms with E-state index in [2.05, 4.69) is 22.0 Å². The maximum Gasteiger partial charge on any atom is 0.130 e. The van der Waals surface area contributed by atoms with Crippen LogP contribution in [-0.4, -0.2) is 36.2 Å². The molecule has 2 heterocycles. The molecule has 1 fully saturated rings. The average molecular weight is 312 g/mol. The van der Waals surface area contributed by atoms with E-state index in [0.717, 1.165) is 43.9 Å². The molecule has 1 aromatic heterocycles. The molecule has 0 amide bonds. The summed E-state index contributed by atoms with van der Waals surface area (Å²) in [7, 11) is 1.81. The van der Waals surface area contributed by atoms with Crippen LogP contribution in [-0.2, 0) is 17.9 Å². The molecule has 4 nitrogen and oxygen atoms in total. The number of pyridine rings is 1. The van der Waals surface area contributed by atoms with Crippen molar-refractivity contribution in [2.24, 2.45) is 0 Å². The second kappa shape index (κ2) is 8.09. The van der Waals surface area contributed by atoms with Crippen LogP contribution in [0.2, 0.25) is 0 Å². The van der Waals surface area contributed by atoms with Crippen LogP contribution in [0, 0.1) is 0 Å². The molecule has 0 radical (unpaired) electrons. The molecule has 2 aromatic rings. The third-order valence-electron chi connectivity index (χ3n) is 4.34. The van der Waals surface area contributed by atoms with Crippen molar-refractivity contribution < 1.29 is 9.47 Å². The minimum Gasteiger partial charge on any atom is -0.487 e. The Hall–Kier alpha value is -1.91. The third kappa shape index (κ3) is 4.53. The summed E-state index contributed by atoms with van der Waals surface area (Å²) in [6, 6.07) is 14.2. The van der Waals surface area contributed by atoms with Gasteiger partial charge in [-0.3, -0.25) is 9.88 Å². The third-order valence-corrected chi connectivity index (χ3v) is 4.34. The number of methoxy groups -OCH3 is 1. The predicted octanol–water partition coefficient (Wildman–Crippen LogP) is 3.27. The van der Waals surface area contributed by atoms with E-state index in [4.69, 9.17) is 9.47 Å². The Bertz CT molecular complexity index is 595. The molecule has 0 saturated carbocycles. The Labute approximate surface area is 138 Å². The van der Waals surface area contributed by atoms with Gasteiger partial charge in [-0.15, -0.1) is 0 Å². The van der Waals surface area contributed by atoms with Gasteiger partial charge >= 0.3 is 0 Å². The lowest BCUT2D eigenvalue weighted by molar-refractivity contribution is 0.0386. The monoisotopic (exact) mass is 312 g/mol. The fourth-order valence-electron chi connectivity index (χ4n) is 2.95. The summed E-state index contributed by atoms with van der Waals surface area (Å²) < 4.78 is 11.4. The fourth-order valence-corrected chi connectivity index (χ4v) is 2.95. The van der Waals surface area contributed by atoms with Crippen LogP contribution in [0.4, 0.5) is 0 Å². The first-order valence-corrected chi connectivity index (χ1v) is 8.21. The molecular weight excluding hydrogens is 288 g/mol. The Morgan fingerprint density at radius 2 is 1.87 bits per heavy atom. The molecule has 0 aliphatic carbocycles. The average Bonchev–Trinajstić information content (AvgIpc) is 2.62. The number of likely N-dealkylation sites (tertiary alicyclic amines) is 1. The molecule has 0 bridgehead atoms. The quantitative estimate of drug-likeness (QED) is 0.820. The van der Waals surface area contributed by atoms with Crippen LogP contribution < -0.4 is 4.74 Å². The second-order valence-electron chi connectivity index (χ2n) is 5.93. The van der Waals surface area contributed by atoms with Crippen LogP contribution >= 0.6 is 0 Å². The van der Waals surface area contributed by atoms with Gasteiger partial charge < -0.3 is 9.47 Å². The Kier molecular flexibility index (Phi) is 5.61. The smallest absolute Gasteiger partial charge is 0.130 e. The minimum absolute atomic E-state index is 0.418. The van der Waals surface area contributed by atoms with Gasteiger partial charge in [0, 0.05) is 38.5 Å². The van der Waals surface area contributed by atoms with Crippen molar-refractivity contribution in [1.82, 2.24) is 9.88 Å². The molecule has 3 rings (SSSR count). The molecular formula is C19H24N2O2. The molecule has 23 heavy (non-hydrogen) atoms. The van der Waals surface area contributed by atoms with Gasteiger partial charge in [-0.2, -0.15) is 0 Å². The summed E-state index contributed by atoms with van der Waals surface area (Å²) in [6.45, 7) is 3.58. The van der Waals surface area contributed by atoms with Crippen LogP contribution in [0.3, 0.4) is 0 Å². The number of hydrogen-bond acceptors (Lipinski definition) is 4. The normalized spacial score (nSPS) is 16.4. The number of piperidine rings is 1. The van der Waals surface area contributed by atoms with Crippen molar-refractivity contribution in [3.63, 3.8) is 0 Å². The fraction of sp³-hybridized carbons (Fsp3) is 0.421. The summed E-state index contributed by atoms with van der Waals surface area (Å²) in [5, 5.41) is 0. The maximum atomic E-state index is 5.99. The molecule has 0 unspecified atom stereocenters. The van der Waals surface area contributed by atoms with Crippen molar-refractivity contribution in [2.75, 3.05) is 20.2 Å². The standard InChI is InChI=1S/C19H24N2O2/c1-22-18-9-12-21(13-10-18)14-16-6-2-3-8-19(16)23-15-17-7-4-5-11-20-17/h2-8,11,18H,9-10,12-15H2,1H3. The topological polar surface area (TPSA) is 34.6 Å². The van der Waals surface area contributed by atoms with Gasteiger partial charge in [0.1, 0.15) is 12.4 Å². The van der Waals surface area contributed by atoms with Gasteiger partial charge in [0.05, 0.1) is 11.8 Å². The molecule has 1 saturated heterocycles. The maximum absolute atomic E-state index is 5.99. The summed E-state index contributed by atoms with van der Waals surface area (Å²) in [5.74, 6) is 0.951. The lowest BCUT2D eigenvalue weighted by Gasteiger charge is -2.31. The van der Waals surface area contributed by atoms with E-state index < -0.39 is 0 Å². The first-order valence-electron chi connectivity index (χ1n) is 8.21. The molecule has 1 aliphatic heterocycles. The lowest BCUT2D eigenvalue weighted by atomic mass is 10.1. The van der Waals surface area contributed by atoms with Gasteiger partial charge in [-0.25, -0.2) is 0 Å². The number of ether oxygens (including phenoxy) is 2. The summed E-state index contributed by atoms with van der Waals surface area (Å²) in [4.78, 5) is 6.78. The van der Waals surface area contributed by atoms with Crippen molar-refractivity contribution in [2.45, 2.75) is 32.1 Å². The Morgan fingerprint density at radius 3 is 2.61 bits per heavy atom. The number of hydrogen-bond donors (Lipinski definition) is 0. The lowest BCUT2D eigenvalue weighted by Crippen LogP contribution is -2.36. The van der Waals surface area contributed by atoms with Crippen molar-refractivity contribution in [1.29, 1.82) is 0 Å². The largest absolute Gasteiger partial charge is 0.487 e. The minimum atomic E-state index is 0.418.